The van der Waals surface area contributed by atoms with Crippen LogP contribution in [0.15, 0.2) is 0 Å². The number of hydrogen-bond acceptors (Lipinski definition) is 4. The number of hydrogen-bond donors (Lipinski definition) is 1. The average Bonchev–Trinajstić information content (AvgIpc) is 2.26. The van der Waals surface area contributed by atoms with Crippen molar-refractivity contribution in [3.05, 3.63) is 0 Å². The summed E-state index contributed by atoms with van der Waals surface area (Å²) in [6.45, 7) is 8.97. The van der Waals surface area contributed by atoms with Crippen LogP contribution >= 0.6 is 11.8 Å². The van der Waals surface area contributed by atoms with Gasteiger partial charge in [-0.1, -0.05) is 6.92 Å². The number of thioether (sulfide) groups is 1. The molecule has 1 unspecified atom stereocenters. The van der Waals surface area contributed by atoms with Crippen LogP contribution in [-0.2, 0) is 4.74 Å². The summed E-state index contributed by atoms with van der Waals surface area (Å²) in [5.74, 6) is 3.23. The van der Waals surface area contributed by atoms with E-state index >= 15 is 0 Å². The van der Waals surface area contributed by atoms with Crippen LogP contribution in [0.4, 0.5) is 0 Å². The Labute approximate surface area is 97.9 Å². The number of nitrogens with zero attached hydrogens (tertiary/aromatic N) is 1. The van der Waals surface area contributed by atoms with Gasteiger partial charge in [0.05, 0.1) is 0 Å². The van der Waals surface area contributed by atoms with Crippen molar-refractivity contribution in [2.75, 3.05) is 57.9 Å². The summed E-state index contributed by atoms with van der Waals surface area (Å²) < 4.78 is 5.10. The molecule has 0 amide bonds. The van der Waals surface area contributed by atoms with Gasteiger partial charge in [-0.25, -0.2) is 0 Å². The Hall–Kier alpha value is 0.230. The Morgan fingerprint density at radius 1 is 1.40 bits per heavy atom. The fourth-order valence-corrected chi connectivity index (χ4v) is 2.73. The zero-order valence-electron chi connectivity index (χ0n) is 10.00. The van der Waals surface area contributed by atoms with Crippen LogP contribution in [0, 0.1) is 5.92 Å². The average molecular weight is 232 g/mol. The number of nitrogens with one attached hydrogen (secondary N) is 1. The molecule has 3 nitrogen and oxygen atoms in total. The zero-order chi connectivity index (χ0) is 10.9. The van der Waals surface area contributed by atoms with Crippen LogP contribution in [0.1, 0.15) is 6.92 Å². The van der Waals surface area contributed by atoms with E-state index in [-0.39, 0.29) is 0 Å². The third kappa shape index (κ3) is 6.40. The Balaban J connectivity index is 1.91. The Morgan fingerprint density at radius 3 is 2.80 bits per heavy atom. The second kappa shape index (κ2) is 8.39. The van der Waals surface area contributed by atoms with Crippen LogP contribution in [0.2, 0.25) is 0 Å². The summed E-state index contributed by atoms with van der Waals surface area (Å²) in [6.07, 6.45) is 0. The summed E-state index contributed by atoms with van der Waals surface area (Å²) >= 11 is 2.07. The van der Waals surface area contributed by atoms with Gasteiger partial charge >= 0.3 is 0 Å². The maximum absolute atomic E-state index is 5.10. The molecule has 15 heavy (non-hydrogen) atoms. The van der Waals surface area contributed by atoms with Crippen LogP contribution in [0.25, 0.3) is 0 Å². The highest BCUT2D eigenvalue weighted by molar-refractivity contribution is 7.99. The van der Waals surface area contributed by atoms with E-state index in [9.17, 15) is 0 Å². The first-order valence-electron chi connectivity index (χ1n) is 5.82. The molecule has 4 heteroatoms. The molecule has 1 aliphatic rings. The molecule has 1 fully saturated rings. The van der Waals surface area contributed by atoms with E-state index in [4.69, 9.17) is 4.74 Å². The van der Waals surface area contributed by atoms with E-state index in [2.05, 4.69) is 28.9 Å². The van der Waals surface area contributed by atoms with E-state index in [0.29, 0.717) is 5.92 Å². The minimum atomic E-state index is 0.618. The first-order valence-corrected chi connectivity index (χ1v) is 6.98. The van der Waals surface area contributed by atoms with Gasteiger partial charge in [0.1, 0.15) is 0 Å². The molecule has 1 saturated heterocycles. The van der Waals surface area contributed by atoms with Gasteiger partial charge in [-0.05, 0) is 12.5 Å². The van der Waals surface area contributed by atoms with Gasteiger partial charge in [0.25, 0.3) is 0 Å². The molecule has 0 bridgehead atoms. The second-order valence-electron chi connectivity index (χ2n) is 4.22. The third-order valence-corrected chi connectivity index (χ3v) is 3.59. The summed E-state index contributed by atoms with van der Waals surface area (Å²) in [4.78, 5) is 2.55. The Morgan fingerprint density at radius 2 is 2.13 bits per heavy atom. The lowest BCUT2D eigenvalue weighted by Gasteiger charge is -2.26. The third-order valence-electron chi connectivity index (χ3n) is 2.65. The summed E-state index contributed by atoms with van der Waals surface area (Å²) in [6, 6.07) is 0. The molecule has 1 heterocycles. The van der Waals surface area contributed by atoms with Gasteiger partial charge in [-0.3, -0.25) is 0 Å². The molecule has 1 rings (SSSR count). The minimum Gasteiger partial charge on any atom is -0.384 e. The van der Waals surface area contributed by atoms with Crippen molar-refractivity contribution in [1.82, 2.24) is 10.2 Å². The first-order chi connectivity index (χ1) is 7.33. The second-order valence-corrected chi connectivity index (χ2v) is 5.44. The predicted octanol–water partition coefficient (Wildman–Crippen LogP) is 0.907. The van der Waals surface area contributed by atoms with Crippen molar-refractivity contribution in [1.29, 1.82) is 0 Å². The largest absolute Gasteiger partial charge is 0.384 e. The lowest BCUT2D eigenvalue weighted by atomic mass is 10.2. The quantitative estimate of drug-likeness (QED) is 0.659. The topological polar surface area (TPSA) is 24.5 Å². The standard InChI is InChI=1S/C11H24N2OS/c1-11(10-14-2)9-12-3-4-13-5-7-15-8-6-13/h11-12H,3-10H2,1-2H3. The molecule has 0 aromatic carbocycles. The highest BCUT2D eigenvalue weighted by atomic mass is 32.2. The normalized spacial score (nSPS) is 20.4. The van der Waals surface area contributed by atoms with E-state index < -0.39 is 0 Å². The summed E-state index contributed by atoms with van der Waals surface area (Å²) in [7, 11) is 1.77. The lowest BCUT2D eigenvalue weighted by molar-refractivity contribution is 0.158. The van der Waals surface area contributed by atoms with Crippen molar-refractivity contribution in [2.45, 2.75) is 6.92 Å². The molecule has 0 aromatic heterocycles. The van der Waals surface area contributed by atoms with E-state index in [1.165, 1.54) is 31.1 Å². The molecule has 0 aromatic rings. The molecule has 0 aliphatic carbocycles. The van der Waals surface area contributed by atoms with Gasteiger partial charge in [-0.15, -0.1) is 0 Å². The lowest BCUT2D eigenvalue weighted by Crippen LogP contribution is -2.38. The monoisotopic (exact) mass is 232 g/mol. The van der Waals surface area contributed by atoms with Gasteiger partial charge in [0.15, 0.2) is 0 Å². The van der Waals surface area contributed by atoms with Crippen molar-refractivity contribution in [3.63, 3.8) is 0 Å². The number of rotatable bonds is 7. The smallest absolute Gasteiger partial charge is 0.0499 e. The van der Waals surface area contributed by atoms with E-state index in [0.717, 1.165) is 19.7 Å². The van der Waals surface area contributed by atoms with Crippen LogP contribution in [0.5, 0.6) is 0 Å². The van der Waals surface area contributed by atoms with Crippen LogP contribution < -0.4 is 5.32 Å². The Bertz CT molecular complexity index is 152. The molecule has 0 radical (unpaired) electrons. The Kier molecular flexibility index (Phi) is 7.44. The maximum Gasteiger partial charge on any atom is 0.0499 e. The molecule has 0 spiro atoms. The van der Waals surface area contributed by atoms with Gasteiger partial charge in [-0.2, -0.15) is 11.8 Å². The van der Waals surface area contributed by atoms with Crippen LogP contribution in [-0.4, -0.2) is 62.8 Å². The van der Waals surface area contributed by atoms with E-state index in [1.807, 2.05) is 0 Å². The number of ether oxygens (including phenoxy) is 1. The molecule has 1 N–H and O–H groups in total. The zero-order valence-corrected chi connectivity index (χ0v) is 10.8. The molecule has 0 saturated carbocycles. The maximum atomic E-state index is 5.10. The molecule has 90 valence electrons. The van der Waals surface area contributed by atoms with Crippen molar-refractivity contribution < 1.29 is 4.74 Å². The fourth-order valence-electron chi connectivity index (χ4n) is 1.75. The summed E-state index contributed by atoms with van der Waals surface area (Å²) in [5, 5.41) is 3.49. The van der Waals surface area contributed by atoms with Gasteiger partial charge in [0.2, 0.25) is 0 Å². The SMILES string of the molecule is COCC(C)CNCCN1CCSCC1. The minimum absolute atomic E-state index is 0.618. The van der Waals surface area contributed by atoms with Crippen molar-refractivity contribution in [3.8, 4) is 0 Å². The van der Waals surface area contributed by atoms with Gasteiger partial charge < -0.3 is 15.0 Å². The molecular weight excluding hydrogens is 208 g/mol. The van der Waals surface area contributed by atoms with Crippen molar-refractivity contribution >= 4 is 11.8 Å². The number of methoxy groups -OCH3 is 1. The van der Waals surface area contributed by atoms with Crippen molar-refractivity contribution in [2.24, 2.45) is 5.92 Å². The molecule has 1 aliphatic heterocycles. The molecular formula is C11H24N2OS. The van der Waals surface area contributed by atoms with Gasteiger partial charge in [0, 0.05) is 51.4 Å². The highest BCUT2D eigenvalue weighted by Gasteiger charge is 2.09. The predicted molar refractivity (Wildman–Crippen MR) is 67.7 cm³/mol. The first kappa shape index (κ1) is 13.3. The highest BCUT2D eigenvalue weighted by Crippen LogP contribution is 2.07. The summed E-state index contributed by atoms with van der Waals surface area (Å²) in [5.41, 5.74) is 0. The van der Waals surface area contributed by atoms with E-state index in [1.54, 1.807) is 7.11 Å². The van der Waals surface area contributed by atoms with Crippen LogP contribution in [0.3, 0.4) is 0 Å². The molecule has 1 atom stereocenters. The fraction of sp³-hybridized carbons (Fsp3) is 1.00.